The molecule has 3 nitrogen and oxygen atoms in total. The molecule has 2 aromatic rings. The van der Waals surface area contributed by atoms with Gasteiger partial charge in [-0.1, -0.05) is 13.3 Å². The maximum Gasteiger partial charge on any atom is 0.119 e. The van der Waals surface area contributed by atoms with E-state index in [2.05, 4.69) is 35.9 Å². The van der Waals surface area contributed by atoms with E-state index in [1.54, 1.807) is 7.11 Å². The predicted octanol–water partition coefficient (Wildman–Crippen LogP) is 3.47. The summed E-state index contributed by atoms with van der Waals surface area (Å²) in [4.78, 5) is 0. The van der Waals surface area contributed by atoms with Gasteiger partial charge in [-0.3, -0.25) is 0 Å². The van der Waals surface area contributed by atoms with Gasteiger partial charge in [0.05, 0.1) is 13.7 Å². The number of nitrogens with zero attached hydrogens (tertiary/aromatic N) is 1. The van der Waals surface area contributed by atoms with Crippen LogP contribution in [0.25, 0.3) is 10.9 Å². The molecule has 0 aliphatic rings. The molecule has 0 fully saturated rings. The molecule has 18 heavy (non-hydrogen) atoms. The molecule has 0 aliphatic carbocycles. The topological polar surface area (TPSA) is 23.4 Å². The summed E-state index contributed by atoms with van der Waals surface area (Å²) in [5.74, 6) is 0.902. The number of fused-ring (bicyclic) bond motifs is 1. The molecule has 0 saturated carbocycles. The summed E-state index contributed by atoms with van der Waals surface area (Å²) in [7, 11) is 1.69. The van der Waals surface area contributed by atoms with Crippen molar-refractivity contribution in [2.24, 2.45) is 0 Å². The summed E-state index contributed by atoms with van der Waals surface area (Å²) in [6, 6.07) is 8.27. The first kappa shape index (κ1) is 13.0. The normalized spacial score (nSPS) is 11.0. The zero-order valence-electron chi connectivity index (χ0n) is 11.2. The maximum atomic E-state index is 5.60. The number of hydrogen-bond donors (Lipinski definition) is 0. The smallest absolute Gasteiger partial charge is 0.119 e. The first-order valence-corrected chi connectivity index (χ1v) is 6.55. The summed E-state index contributed by atoms with van der Waals surface area (Å²) >= 11 is 0. The van der Waals surface area contributed by atoms with Gasteiger partial charge in [-0.05, 0) is 30.7 Å². The molecule has 0 aliphatic heterocycles. The van der Waals surface area contributed by atoms with Crippen LogP contribution in [0.3, 0.4) is 0 Å². The van der Waals surface area contributed by atoms with Crippen molar-refractivity contribution < 1.29 is 9.47 Å². The highest BCUT2D eigenvalue weighted by Crippen LogP contribution is 2.21. The van der Waals surface area contributed by atoms with Gasteiger partial charge >= 0.3 is 0 Å². The van der Waals surface area contributed by atoms with Crippen LogP contribution in [-0.2, 0) is 11.3 Å². The fourth-order valence-electron chi connectivity index (χ4n) is 2.01. The molecular formula is C15H21NO2. The minimum absolute atomic E-state index is 0.774. The first-order valence-electron chi connectivity index (χ1n) is 6.55. The SMILES string of the molecule is CCCCOCCn1ccc2cc(OC)ccc21. The number of rotatable bonds is 7. The Morgan fingerprint density at radius 2 is 2.06 bits per heavy atom. The van der Waals surface area contributed by atoms with Gasteiger partial charge in [0.2, 0.25) is 0 Å². The third kappa shape index (κ3) is 3.05. The van der Waals surface area contributed by atoms with E-state index in [9.17, 15) is 0 Å². The van der Waals surface area contributed by atoms with Crippen LogP contribution in [0.5, 0.6) is 5.75 Å². The molecule has 98 valence electrons. The molecule has 3 heteroatoms. The van der Waals surface area contributed by atoms with Crippen molar-refractivity contribution in [1.82, 2.24) is 4.57 Å². The molecule has 0 N–H and O–H groups in total. The van der Waals surface area contributed by atoms with Crippen molar-refractivity contribution in [2.75, 3.05) is 20.3 Å². The Kier molecular flexibility index (Phi) is 4.65. The lowest BCUT2D eigenvalue weighted by atomic mass is 10.2. The van der Waals surface area contributed by atoms with Gasteiger partial charge in [-0.2, -0.15) is 0 Å². The van der Waals surface area contributed by atoms with E-state index in [-0.39, 0.29) is 0 Å². The van der Waals surface area contributed by atoms with Crippen LogP contribution in [0.15, 0.2) is 30.5 Å². The molecular weight excluding hydrogens is 226 g/mol. The van der Waals surface area contributed by atoms with Gasteiger partial charge in [0.15, 0.2) is 0 Å². The summed E-state index contributed by atoms with van der Waals surface area (Å²) in [6.07, 6.45) is 4.43. The fraction of sp³-hybridized carbons (Fsp3) is 0.467. The van der Waals surface area contributed by atoms with Gasteiger partial charge in [0.1, 0.15) is 5.75 Å². The second kappa shape index (κ2) is 6.45. The summed E-state index contributed by atoms with van der Waals surface area (Å²) in [5, 5.41) is 1.21. The molecule has 0 bridgehead atoms. The van der Waals surface area contributed by atoms with E-state index in [4.69, 9.17) is 9.47 Å². The largest absolute Gasteiger partial charge is 0.497 e. The van der Waals surface area contributed by atoms with E-state index in [0.717, 1.165) is 31.9 Å². The molecule has 0 spiro atoms. The molecule has 1 aromatic carbocycles. The average molecular weight is 247 g/mol. The second-order valence-electron chi connectivity index (χ2n) is 4.40. The van der Waals surface area contributed by atoms with E-state index >= 15 is 0 Å². The quantitative estimate of drug-likeness (QED) is 0.699. The summed E-state index contributed by atoms with van der Waals surface area (Å²) < 4.78 is 13.0. The van der Waals surface area contributed by atoms with Crippen molar-refractivity contribution >= 4 is 10.9 Å². The molecule has 0 amide bonds. The van der Waals surface area contributed by atoms with Crippen molar-refractivity contribution in [3.8, 4) is 5.75 Å². The Labute approximate surface area is 108 Å². The minimum atomic E-state index is 0.774. The van der Waals surface area contributed by atoms with E-state index in [0.29, 0.717) is 0 Å². The van der Waals surface area contributed by atoms with Crippen LogP contribution in [0.2, 0.25) is 0 Å². The van der Waals surface area contributed by atoms with Crippen molar-refractivity contribution in [1.29, 1.82) is 0 Å². The number of benzene rings is 1. The Morgan fingerprint density at radius 3 is 2.83 bits per heavy atom. The van der Waals surface area contributed by atoms with Crippen LogP contribution in [0.4, 0.5) is 0 Å². The van der Waals surface area contributed by atoms with Gasteiger partial charge < -0.3 is 14.0 Å². The average Bonchev–Trinajstić information content (AvgIpc) is 2.81. The third-order valence-corrected chi connectivity index (χ3v) is 3.10. The molecule has 1 aromatic heterocycles. The minimum Gasteiger partial charge on any atom is -0.497 e. The second-order valence-corrected chi connectivity index (χ2v) is 4.40. The number of ether oxygens (including phenoxy) is 2. The molecule has 1 heterocycles. The standard InChI is InChI=1S/C15H21NO2/c1-3-4-10-18-11-9-16-8-7-13-12-14(17-2)5-6-15(13)16/h5-8,12H,3-4,9-11H2,1-2H3. The Morgan fingerprint density at radius 1 is 1.17 bits per heavy atom. The van der Waals surface area contributed by atoms with Gasteiger partial charge in [-0.15, -0.1) is 0 Å². The van der Waals surface area contributed by atoms with Gasteiger partial charge in [0.25, 0.3) is 0 Å². The molecule has 0 unspecified atom stereocenters. The summed E-state index contributed by atoms with van der Waals surface area (Å²) in [5.41, 5.74) is 1.23. The molecule has 0 atom stereocenters. The van der Waals surface area contributed by atoms with Crippen LogP contribution in [0, 0.1) is 0 Å². The lowest BCUT2D eigenvalue weighted by Gasteiger charge is -2.07. The number of unbranched alkanes of at least 4 members (excludes halogenated alkanes) is 1. The van der Waals surface area contributed by atoms with Gasteiger partial charge in [0, 0.05) is 30.3 Å². The number of aromatic nitrogens is 1. The molecule has 0 saturated heterocycles. The highest BCUT2D eigenvalue weighted by molar-refractivity contribution is 5.81. The number of hydrogen-bond acceptors (Lipinski definition) is 2. The zero-order valence-corrected chi connectivity index (χ0v) is 11.2. The summed E-state index contributed by atoms with van der Waals surface area (Å²) in [6.45, 7) is 4.72. The fourth-order valence-corrected chi connectivity index (χ4v) is 2.01. The lowest BCUT2D eigenvalue weighted by molar-refractivity contribution is 0.124. The zero-order chi connectivity index (χ0) is 12.8. The monoisotopic (exact) mass is 247 g/mol. The Bertz CT molecular complexity index is 490. The predicted molar refractivity (Wildman–Crippen MR) is 74.2 cm³/mol. The van der Waals surface area contributed by atoms with Crippen LogP contribution in [0.1, 0.15) is 19.8 Å². The van der Waals surface area contributed by atoms with Crippen molar-refractivity contribution in [3.05, 3.63) is 30.5 Å². The third-order valence-electron chi connectivity index (χ3n) is 3.10. The van der Waals surface area contributed by atoms with E-state index < -0.39 is 0 Å². The molecule has 0 radical (unpaired) electrons. The Hall–Kier alpha value is -1.48. The van der Waals surface area contributed by atoms with E-state index in [1.165, 1.54) is 17.3 Å². The van der Waals surface area contributed by atoms with Crippen LogP contribution < -0.4 is 4.74 Å². The van der Waals surface area contributed by atoms with E-state index in [1.807, 2.05) is 6.07 Å². The first-order chi connectivity index (χ1) is 8.85. The highest BCUT2D eigenvalue weighted by Gasteiger charge is 2.02. The van der Waals surface area contributed by atoms with Crippen LogP contribution >= 0.6 is 0 Å². The van der Waals surface area contributed by atoms with Crippen molar-refractivity contribution in [2.45, 2.75) is 26.3 Å². The lowest BCUT2D eigenvalue weighted by Crippen LogP contribution is -2.05. The van der Waals surface area contributed by atoms with Gasteiger partial charge in [-0.25, -0.2) is 0 Å². The number of methoxy groups -OCH3 is 1. The van der Waals surface area contributed by atoms with Crippen LogP contribution in [-0.4, -0.2) is 24.9 Å². The Balaban J connectivity index is 1.97. The van der Waals surface area contributed by atoms with Crippen molar-refractivity contribution in [3.63, 3.8) is 0 Å². The maximum absolute atomic E-state index is 5.60. The molecule has 2 rings (SSSR count). The highest BCUT2D eigenvalue weighted by atomic mass is 16.5.